The Kier molecular flexibility index (Phi) is 6.14. The molecule has 0 aliphatic carbocycles. The molecular formula is C24H26N4OS. The summed E-state index contributed by atoms with van der Waals surface area (Å²) >= 11 is 1.68. The maximum absolute atomic E-state index is 5.32. The summed E-state index contributed by atoms with van der Waals surface area (Å²) in [7, 11) is 1.69. The zero-order valence-corrected chi connectivity index (χ0v) is 18.4. The quantitative estimate of drug-likeness (QED) is 0.405. The van der Waals surface area contributed by atoms with Gasteiger partial charge in [0.2, 0.25) is 0 Å². The molecule has 0 aliphatic heterocycles. The standard InChI is InChI=1S/C24H26N4OS/c1-18-5-6-19(2)22(15-18)26-24-28(13-4-12-27-14-11-25-17-27)23(16-30-24)20-7-9-21(29-3)10-8-20/h5-11,14-17H,4,12-13H2,1-3H3. The highest BCUT2D eigenvalue weighted by atomic mass is 32.1. The van der Waals surface area contributed by atoms with Gasteiger partial charge in [0, 0.05) is 30.9 Å². The number of ether oxygens (including phenoxy) is 1. The molecule has 5 nitrogen and oxygen atoms in total. The van der Waals surface area contributed by atoms with E-state index in [4.69, 9.17) is 9.73 Å². The van der Waals surface area contributed by atoms with E-state index in [2.05, 4.69) is 63.7 Å². The van der Waals surface area contributed by atoms with Gasteiger partial charge in [-0.3, -0.25) is 0 Å². The van der Waals surface area contributed by atoms with Crippen molar-refractivity contribution in [2.24, 2.45) is 4.99 Å². The largest absolute Gasteiger partial charge is 0.497 e. The number of nitrogens with zero attached hydrogens (tertiary/aromatic N) is 4. The van der Waals surface area contributed by atoms with Crippen LogP contribution in [0.2, 0.25) is 0 Å². The van der Waals surface area contributed by atoms with Crippen molar-refractivity contribution in [1.82, 2.24) is 14.1 Å². The molecule has 4 rings (SSSR count). The van der Waals surface area contributed by atoms with Crippen LogP contribution in [-0.2, 0) is 13.1 Å². The zero-order valence-electron chi connectivity index (χ0n) is 17.6. The number of imidazole rings is 1. The van der Waals surface area contributed by atoms with Crippen molar-refractivity contribution < 1.29 is 4.74 Å². The van der Waals surface area contributed by atoms with Gasteiger partial charge < -0.3 is 13.9 Å². The summed E-state index contributed by atoms with van der Waals surface area (Å²) in [5, 5.41) is 2.20. The van der Waals surface area contributed by atoms with Crippen LogP contribution < -0.4 is 9.54 Å². The predicted molar refractivity (Wildman–Crippen MR) is 122 cm³/mol. The number of hydrogen-bond donors (Lipinski definition) is 0. The van der Waals surface area contributed by atoms with E-state index >= 15 is 0 Å². The van der Waals surface area contributed by atoms with Gasteiger partial charge in [-0.2, -0.15) is 0 Å². The van der Waals surface area contributed by atoms with Crippen molar-refractivity contribution in [1.29, 1.82) is 0 Å². The Morgan fingerprint density at radius 1 is 1.07 bits per heavy atom. The summed E-state index contributed by atoms with van der Waals surface area (Å²) in [5.74, 6) is 0.862. The lowest BCUT2D eigenvalue weighted by atomic mass is 10.1. The van der Waals surface area contributed by atoms with E-state index in [9.17, 15) is 0 Å². The monoisotopic (exact) mass is 418 g/mol. The maximum Gasteiger partial charge on any atom is 0.190 e. The minimum atomic E-state index is 0.862. The van der Waals surface area contributed by atoms with Crippen molar-refractivity contribution in [3.63, 3.8) is 0 Å². The van der Waals surface area contributed by atoms with Gasteiger partial charge in [0.25, 0.3) is 0 Å². The highest BCUT2D eigenvalue weighted by molar-refractivity contribution is 7.07. The van der Waals surface area contributed by atoms with Gasteiger partial charge in [-0.25, -0.2) is 9.98 Å². The van der Waals surface area contributed by atoms with Crippen LogP contribution in [0.3, 0.4) is 0 Å². The van der Waals surface area contributed by atoms with Crippen molar-refractivity contribution in [3.05, 3.63) is 82.5 Å². The molecule has 0 amide bonds. The molecule has 0 N–H and O–H groups in total. The van der Waals surface area contributed by atoms with Gasteiger partial charge in [-0.15, -0.1) is 11.3 Å². The van der Waals surface area contributed by atoms with Crippen LogP contribution in [0, 0.1) is 13.8 Å². The first-order valence-corrected chi connectivity index (χ1v) is 10.9. The van der Waals surface area contributed by atoms with Crippen LogP contribution in [0.15, 0.2) is 71.6 Å². The fraction of sp³-hybridized carbons (Fsp3) is 0.250. The first-order chi connectivity index (χ1) is 14.6. The topological polar surface area (TPSA) is 44.3 Å². The number of hydrogen-bond acceptors (Lipinski definition) is 4. The molecule has 30 heavy (non-hydrogen) atoms. The van der Waals surface area contributed by atoms with E-state index in [1.165, 1.54) is 16.8 Å². The van der Waals surface area contributed by atoms with Gasteiger partial charge in [0.1, 0.15) is 5.75 Å². The number of aryl methyl sites for hydroxylation is 3. The van der Waals surface area contributed by atoms with E-state index < -0.39 is 0 Å². The molecule has 0 atom stereocenters. The smallest absolute Gasteiger partial charge is 0.190 e. The second kappa shape index (κ2) is 9.13. The van der Waals surface area contributed by atoms with Gasteiger partial charge in [0.05, 0.1) is 24.8 Å². The average Bonchev–Trinajstić information content (AvgIpc) is 3.41. The fourth-order valence-electron chi connectivity index (χ4n) is 3.40. The third-order valence-corrected chi connectivity index (χ3v) is 5.99. The molecule has 0 aliphatic rings. The minimum absolute atomic E-state index is 0.862. The molecule has 0 saturated heterocycles. The molecule has 0 saturated carbocycles. The third-order valence-electron chi connectivity index (χ3n) is 5.12. The van der Waals surface area contributed by atoms with E-state index in [1.807, 2.05) is 30.9 Å². The van der Waals surface area contributed by atoms with Crippen LogP contribution in [0.5, 0.6) is 5.75 Å². The van der Waals surface area contributed by atoms with Crippen LogP contribution in [0.25, 0.3) is 11.3 Å². The molecule has 2 aromatic heterocycles. The average molecular weight is 419 g/mol. The SMILES string of the molecule is COc1ccc(-c2csc(=Nc3cc(C)ccc3C)n2CCCn2ccnc2)cc1. The normalized spacial score (nSPS) is 11.8. The molecule has 2 heterocycles. The predicted octanol–water partition coefficient (Wildman–Crippen LogP) is 5.36. The van der Waals surface area contributed by atoms with Gasteiger partial charge in [-0.1, -0.05) is 12.1 Å². The lowest BCUT2D eigenvalue weighted by Crippen LogP contribution is -2.17. The van der Waals surface area contributed by atoms with Crippen molar-refractivity contribution in [2.75, 3.05) is 7.11 Å². The van der Waals surface area contributed by atoms with E-state index in [0.29, 0.717) is 0 Å². The molecule has 4 aromatic rings. The molecule has 0 spiro atoms. The minimum Gasteiger partial charge on any atom is -0.497 e. The molecule has 0 radical (unpaired) electrons. The Morgan fingerprint density at radius 3 is 2.63 bits per heavy atom. The molecule has 6 heteroatoms. The second-order valence-electron chi connectivity index (χ2n) is 7.34. The number of thiazole rings is 1. The molecule has 0 bridgehead atoms. The van der Waals surface area contributed by atoms with E-state index in [1.54, 1.807) is 18.4 Å². The Balaban J connectivity index is 1.72. The molecular weight excluding hydrogens is 392 g/mol. The van der Waals surface area contributed by atoms with E-state index in [0.717, 1.165) is 41.3 Å². The van der Waals surface area contributed by atoms with Gasteiger partial charge >= 0.3 is 0 Å². The Bertz CT molecular complexity index is 1170. The number of methoxy groups -OCH3 is 1. The van der Waals surface area contributed by atoms with Crippen molar-refractivity contribution >= 4 is 17.0 Å². The molecule has 0 unspecified atom stereocenters. The summed E-state index contributed by atoms with van der Waals surface area (Å²) in [6.07, 6.45) is 6.69. The van der Waals surface area contributed by atoms with Crippen LogP contribution in [0.4, 0.5) is 5.69 Å². The highest BCUT2D eigenvalue weighted by Gasteiger charge is 2.09. The molecule has 154 valence electrons. The van der Waals surface area contributed by atoms with Crippen molar-refractivity contribution in [3.8, 4) is 17.0 Å². The Hall–Kier alpha value is -3.12. The van der Waals surface area contributed by atoms with Gasteiger partial charge in [0.15, 0.2) is 4.80 Å². The highest BCUT2D eigenvalue weighted by Crippen LogP contribution is 2.25. The summed E-state index contributed by atoms with van der Waals surface area (Å²) in [5.41, 5.74) is 5.78. The molecule has 0 fully saturated rings. The number of rotatable bonds is 7. The summed E-state index contributed by atoms with van der Waals surface area (Å²) in [6, 6.07) is 14.6. The lowest BCUT2D eigenvalue weighted by Gasteiger charge is -2.11. The third kappa shape index (κ3) is 4.54. The van der Waals surface area contributed by atoms with Crippen LogP contribution >= 0.6 is 11.3 Å². The Morgan fingerprint density at radius 2 is 1.90 bits per heavy atom. The number of benzene rings is 2. The number of aromatic nitrogens is 3. The molecule has 2 aromatic carbocycles. The first-order valence-electron chi connectivity index (χ1n) is 10.0. The van der Waals surface area contributed by atoms with E-state index in [-0.39, 0.29) is 0 Å². The second-order valence-corrected chi connectivity index (χ2v) is 8.18. The Labute approximate surface area is 181 Å². The maximum atomic E-state index is 5.32. The fourth-order valence-corrected chi connectivity index (χ4v) is 4.35. The first kappa shape index (κ1) is 20.2. The van der Waals surface area contributed by atoms with Gasteiger partial charge in [-0.05, 0) is 67.3 Å². The summed E-state index contributed by atoms with van der Waals surface area (Å²) < 4.78 is 9.76. The lowest BCUT2D eigenvalue weighted by molar-refractivity contribution is 0.415. The summed E-state index contributed by atoms with van der Waals surface area (Å²) in [4.78, 5) is 10.2. The van der Waals surface area contributed by atoms with Crippen molar-refractivity contribution in [2.45, 2.75) is 33.4 Å². The van der Waals surface area contributed by atoms with Crippen LogP contribution in [0.1, 0.15) is 17.5 Å². The zero-order chi connectivity index (χ0) is 20.9. The summed E-state index contributed by atoms with van der Waals surface area (Å²) in [6.45, 7) is 6.02. The van der Waals surface area contributed by atoms with Crippen LogP contribution in [-0.4, -0.2) is 21.2 Å².